The molecule has 2 aromatic carbocycles. The van der Waals surface area contributed by atoms with E-state index in [1.54, 1.807) is 12.1 Å². The minimum atomic E-state index is -1.69. The molecule has 1 aliphatic carbocycles. The average Bonchev–Trinajstić information content (AvgIpc) is 2.73. The summed E-state index contributed by atoms with van der Waals surface area (Å²) in [5, 5.41) is 49.6. The molecule has 0 unspecified atom stereocenters. The number of carbonyl (C=O) groups excluding carboxylic acids is 2. The van der Waals surface area contributed by atoms with E-state index < -0.39 is 54.6 Å². The molecule has 1 heterocycles. The predicted octanol–water partition coefficient (Wildman–Crippen LogP) is -0.654. The lowest BCUT2D eigenvalue weighted by Gasteiger charge is -2.39. The second kappa shape index (κ2) is 7.21. The monoisotopic (exact) mass is 402 g/mol. The van der Waals surface area contributed by atoms with Crippen molar-refractivity contribution in [1.82, 2.24) is 0 Å². The SMILES string of the molecule is O=C1c2ccccc2C(=O)c2c1ccc(O[C@H]1O[C@@H](CO)[C@H](O)[C@@H](O)[C@@H]1O)c2O. The second-order valence-corrected chi connectivity index (χ2v) is 6.85. The van der Waals surface area contributed by atoms with Gasteiger partial charge in [-0.3, -0.25) is 9.59 Å². The summed E-state index contributed by atoms with van der Waals surface area (Å²) in [6.45, 7) is -0.648. The Morgan fingerprint density at radius 3 is 2.17 bits per heavy atom. The Morgan fingerprint density at radius 2 is 1.52 bits per heavy atom. The highest BCUT2D eigenvalue weighted by atomic mass is 16.7. The molecular weight excluding hydrogens is 384 g/mol. The third-order valence-electron chi connectivity index (χ3n) is 5.12. The van der Waals surface area contributed by atoms with Crippen molar-refractivity contribution in [3.63, 3.8) is 0 Å². The van der Waals surface area contributed by atoms with Crippen LogP contribution in [0.4, 0.5) is 0 Å². The third-order valence-corrected chi connectivity index (χ3v) is 5.12. The third kappa shape index (κ3) is 3.00. The van der Waals surface area contributed by atoms with Gasteiger partial charge in [-0.1, -0.05) is 24.3 Å². The maximum Gasteiger partial charge on any atom is 0.229 e. The molecule has 1 saturated heterocycles. The minimum Gasteiger partial charge on any atom is -0.504 e. The summed E-state index contributed by atoms with van der Waals surface area (Å²) in [7, 11) is 0. The fourth-order valence-electron chi connectivity index (χ4n) is 3.53. The molecule has 0 amide bonds. The van der Waals surface area contributed by atoms with Crippen molar-refractivity contribution in [3.05, 3.63) is 58.7 Å². The second-order valence-electron chi connectivity index (χ2n) is 6.85. The van der Waals surface area contributed by atoms with Crippen LogP contribution in [0.2, 0.25) is 0 Å². The van der Waals surface area contributed by atoms with Crippen LogP contribution in [0.15, 0.2) is 36.4 Å². The van der Waals surface area contributed by atoms with E-state index >= 15 is 0 Å². The van der Waals surface area contributed by atoms with Crippen molar-refractivity contribution in [2.75, 3.05) is 6.61 Å². The van der Waals surface area contributed by atoms with Gasteiger partial charge in [0.25, 0.3) is 0 Å². The molecule has 0 spiro atoms. The largest absolute Gasteiger partial charge is 0.504 e. The number of phenols is 1. The Labute approximate surface area is 164 Å². The molecule has 0 saturated carbocycles. The highest BCUT2D eigenvalue weighted by Gasteiger charge is 2.45. The van der Waals surface area contributed by atoms with E-state index in [9.17, 15) is 35.1 Å². The Bertz CT molecular complexity index is 984. The number of carbonyl (C=O) groups is 2. The Kier molecular flexibility index (Phi) is 4.85. The van der Waals surface area contributed by atoms with E-state index in [2.05, 4.69) is 0 Å². The Balaban J connectivity index is 1.69. The maximum absolute atomic E-state index is 12.8. The van der Waals surface area contributed by atoms with Crippen LogP contribution in [0.25, 0.3) is 0 Å². The standard InChI is InChI=1S/C20H18O9/c21-7-12-17(25)18(26)19(27)20(29-12)28-11-6-5-10-13(16(11)24)15(23)9-4-2-1-3-8(9)14(10)22/h1-6,12,17-21,24-27H,7H2/t12-,17-,18+,19-,20-/m0/s1. The van der Waals surface area contributed by atoms with Gasteiger partial charge in [0.05, 0.1) is 12.2 Å². The van der Waals surface area contributed by atoms with Gasteiger partial charge in [0.2, 0.25) is 6.29 Å². The first-order valence-corrected chi connectivity index (χ1v) is 8.86. The van der Waals surface area contributed by atoms with Crippen molar-refractivity contribution in [3.8, 4) is 11.5 Å². The number of ketones is 2. The average molecular weight is 402 g/mol. The van der Waals surface area contributed by atoms with Crippen LogP contribution in [0.1, 0.15) is 31.8 Å². The van der Waals surface area contributed by atoms with Crippen molar-refractivity contribution < 1.29 is 44.6 Å². The first-order chi connectivity index (χ1) is 13.8. The maximum atomic E-state index is 12.8. The number of aliphatic hydroxyl groups excluding tert-OH is 4. The van der Waals surface area contributed by atoms with Crippen molar-refractivity contribution in [2.45, 2.75) is 30.7 Å². The Morgan fingerprint density at radius 1 is 0.862 bits per heavy atom. The fourth-order valence-corrected chi connectivity index (χ4v) is 3.53. The van der Waals surface area contributed by atoms with E-state index in [1.165, 1.54) is 24.3 Å². The first kappa shape index (κ1) is 19.5. The number of fused-ring (bicyclic) bond motifs is 2. The van der Waals surface area contributed by atoms with Crippen molar-refractivity contribution in [1.29, 1.82) is 0 Å². The molecule has 29 heavy (non-hydrogen) atoms. The lowest BCUT2D eigenvalue weighted by atomic mass is 9.83. The number of aliphatic hydroxyl groups is 4. The molecule has 1 fully saturated rings. The topological polar surface area (TPSA) is 154 Å². The molecule has 5 N–H and O–H groups in total. The molecule has 5 atom stereocenters. The minimum absolute atomic E-state index is 0.00681. The van der Waals surface area contributed by atoms with Crippen LogP contribution in [-0.2, 0) is 4.74 Å². The van der Waals surface area contributed by atoms with E-state index in [0.29, 0.717) is 0 Å². The van der Waals surface area contributed by atoms with E-state index in [4.69, 9.17) is 9.47 Å². The summed E-state index contributed by atoms with van der Waals surface area (Å²) in [4.78, 5) is 25.5. The smallest absolute Gasteiger partial charge is 0.229 e. The number of aromatic hydroxyl groups is 1. The lowest BCUT2D eigenvalue weighted by molar-refractivity contribution is -0.277. The van der Waals surface area contributed by atoms with Gasteiger partial charge >= 0.3 is 0 Å². The van der Waals surface area contributed by atoms with Gasteiger partial charge in [0.1, 0.15) is 24.4 Å². The zero-order valence-corrected chi connectivity index (χ0v) is 14.9. The quantitative estimate of drug-likeness (QED) is 0.384. The normalized spacial score (nSPS) is 28.6. The lowest BCUT2D eigenvalue weighted by Crippen LogP contribution is -2.60. The number of hydrogen-bond acceptors (Lipinski definition) is 9. The van der Waals surface area contributed by atoms with Crippen molar-refractivity contribution in [2.24, 2.45) is 0 Å². The van der Waals surface area contributed by atoms with Gasteiger partial charge in [0.15, 0.2) is 23.1 Å². The summed E-state index contributed by atoms with van der Waals surface area (Å²) < 4.78 is 10.7. The van der Waals surface area contributed by atoms with Gasteiger partial charge < -0.3 is 35.0 Å². The van der Waals surface area contributed by atoms with Gasteiger partial charge in [-0.15, -0.1) is 0 Å². The highest BCUT2D eigenvalue weighted by Crippen LogP contribution is 2.39. The zero-order chi connectivity index (χ0) is 20.9. The van der Waals surface area contributed by atoms with Crippen LogP contribution in [0.5, 0.6) is 11.5 Å². The van der Waals surface area contributed by atoms with Crippen LogP contribution >= 0.6 is 0 Å². The Hall–Kier alpha value is -2.82. The van der Waals surface area contributed by atoms with Gasteiger partial charge in [0, 0.05) is 16.7 Å². The molecule has 0 radical (unpaired) electrons. The molecule has 4 rings (SSSR count). The molecule has 9 nitrogen and oxygen atoms in total. The molecule has 2 aromatic rings. The number of ether oxygens (including phenoxy) is 2. The predicted molar refractivity (Wildman–Crippen MR) is 95.8 cm³/mol. The summed E-state index contributed by atoms with van der Waals surface area (Å²) in [6, 6.07) is 8.77. The van der Waals surface area contributed by atoms with E-state index in [0.717, 1.165) is 0 Å². The molecular formula is C20H18O9. The van der Waals surface area contributed by atoms with Crippen molar-refractivity contribution >= 4 is 11.6 Å². The molecule has 1 aliphatic heterocycles. The van der Waals surface area contributed by atoms with Crippen LogP contribution in [0, 0.1) is 0 Å². The number of benzene rings is 2. The molecule has 0 bridgehead atoms. The highest BCUT2D eigenvalue weighted by molar-refractivity contribution is 6.29. The molecule has 2 aliphatic rings. The molecule has 152 valence electrons. The van der Waals surface area contributed by atoms with Gasteiger partial charge in [-0.2, -0.15) is 0 Å². The first-order valence-electron chi connectivity index (χ1n) is 8.86. The van der Waals surface area contributed by atoms with Crippen LogP contribution < -0.4 is 4.74 Å². The summed E-state index contributed by atoms with van der Waals surface area (Å²) in [5.74, 6) is -1.88. The number of rotatable bonds is 3. The molecule has 0 aromatic heterocycles. The number of hydrogen-bond donors (Lipinski definition) is 5. The number of phenolic OH excluding ortho intramolecular Hbond substituents is 1. The van der Waals surface area contributed by atoms with Gasteiger partial charge in [-0.05, 0) is 12.1 Å². The van der Waals surface area contributed by atoms with Crippen LogP contribution in [0.3, 0.4) is 0 Å². The molecule has 9 heteroatoms. The summed E-state index contributed by atoms with van der Waals surface area (Å²) in [5.41, 5.74) is 0.139. The van der Waals surface area contributed by atoms with Gasteiger partial charge in [-0.25, -0.2) is 0 Å². The van der Waals surface area contributed by atoms with Crippen LogP contribution in [-0.4, -0.2) is 74.4 Å². The van der Waals surface area contributed by atoms with E-state index in [-0.39, 0.29) is 28.0 Å². The van der Waals surface area contributed by atoms with E-state index in [1.807, 2.05) is 0 Å². The fraction of sp³-hybridized carbons (Fsp3) is 0.300. The summed E-state index contributed by atoms with van der Waals surface area (Å²) in [6.07, 6.45) is -7.67. The summed E-state index contributed by atoms with van der Waals surface area (Å²) >= 11 is 0. The zero-order valence-electron chi connectivity index (χ0n) is 14.9.